The molecule has 0 amide bonds. The summed E-state index contributed by atoms with van der Waals surface area (Å²) in [6.45, 7) is 0. The number of nitrogens with one attached hydrogen (secondary N) is 1. The Hall–Kier alpha value is -3.07. The van der Waals surface area contributed by atoms with E-state index in [1.807, 2.05) is 54.6 Å². The Morgan fingerprint density at radius 3 is 2.22 bits per heavy atom. The number of rotatable bonds is 1. The van der Waals surface area contributed by atoms with Crippen molar-refractivity contribution < 1.29 is 0 Å². The van der Waals surface area contributed by atoms with Crippen LogP contribution < -0.4 is 10.2 Å². The van der Waals surface area contributed by atoms with E-state index in [0.29, 0.717) is 0 Å². The second kappa shape index (κ2) is 5.61. The van der Waals surface area contributed by atoms with Crippen LogP contribution in [-0.2, 0) is 0 Å². The number of hydrogen-bond donors (Lipinski definition) is 1. The minimum absolute atomic E-state index is 0.934. The maximum absolute atomic E-state index is 4.90. The van der Waals surface area contributed by atoms with E-state index >= 15 is 0 Å². The lowest BCUT2D eigenvalue weighted by molar-refractivity contribution is 1.25. The molecule has 3 heteroatoms. The molecule has 0 atom stereocenters. The van der Waals surface area contributed by atoms with E-state index in [2.05, 4.69) is 41.5 Å². The number of hydrogen-bond acceptors (Lipinski definition) is 2. The van der Waals surface area contributed by atoms with Crippen LogP contribution in [0.1, 0.15) is 5.56 Å². The predicted molar refractivity (Wildman–Crippen MR) is 97.2 cm³/mol. The van der Waals surface area contributed by atoms with Gasteiger partial charge in [-0.3, -0.25) is 0 Å². The smallest absolute Gasteiger partial charge is 0.142 e. The molecule has 0 radical (unpaired) electrons. The van der Waals surface area contributed by atoms with E-state index in [-0.39, 0.29) is 0 Å². The molecule has 0 saturated heterocycles. The van der Waals surface area contributed by atoms with Crippen molar-refractivity contribution in [3.63, 3.8) is 0 Å². The largest absolute Gasteiger partial charge is 0.353 e. The lowest BCUT2D eigenvalue weighted by atomic mass is 10.1. The molecule has 1 N–H and O–H groups in total. The number of amidine groups is 1. The van der Waals surface area contributed by atoms with Crippen LogP contribution in [0.3, 0.4) is 0 Å². The standard InChI is InChI=1S/C20H17N3/c1-23-19-14-8-7-13-18(19)22-17-12-6-5-11-16(17)20(23)21-15-9-3-2-4-10-15/h2-14,22H,1H3. The summed E-state index contributed by atoms with van der Waals surface area (Å²) in [6, 6.07) is 26.6. The fraction of sp³-hybridized carbons (Fsp3) is 0.0500. The normalized spacial score (nSPS) is 14.7. The molecule has 3 aromatic rings. The van der Waals surface area contributed by atoms with E-state index in [4.69, 9.17) is 4.99 Å². The van der Waals surface area contributed by atoms with Crippen LogP contribution in [0.2, 0.25) is 0 Å². The zero-order valence-electron chi connectivity index (χ0n) is 12.9. The molecule has 0 bridgehead atoms. The van der Waals surface area contributed by atoms with Crippen molar-refractivity contribution in [2.24, 2.45) is 4.99 Å². The van der Waals surface area contributed by atoms with Gasteiger partial charge in [0.1, 0.15) is 5.84 Å². The Labute approximate surface area is 135 Å². The summed E-state index contributed by atoms with van der Waals surface area (Å²) in [6.07, 6.45) is 0. The summed E-state index contributed by atoms with van der Waals surface area (Å²) in [7, 11) is 2.06. The van der Waals surface area contributed by atoms with E-state index < -0.39 is 0 Å². The van der Waals surface area contributed by atoms with Gasteiger partial charge in [0, 0.05) is 18.3 Å². The molecule has 3 nitrogen and oxygen atoms in total. The molecule has 1 aliphatic heterocycles. The minimum Gasteiger partial charge on any atom is -0.353 e. The van der Waals surface area contributed by atoms with Crippen molar-refractivity contribution >= 4 is 28.6 Å². The van der Waals surface area contributed by atoms with Crippen LogP contribution in [0.25, 0.3) is 0 Å². The second-order valence-corrected chi connectivity index (χ2v) is 5.52. The number of aliphatic imine (C=N–C) groups is 1. The summed E-state index contributed by atoms with van der Waals surface area (Å²) < 4.78 is 0. The summed E-state index contributed by atoms with van der Waals surface area (Å²) in [5.41, 5.74) is 5.30. The van der Waals surface area contributed by atoms with Crippen LogP contribution >= 0.6 is 0 Å². The van der Waals surface area contributed by atoms with Gasteiger partial charge in [-0.2, -0.15) is 0 Å². The Balaban J connectivity index is 1.95. The van der Waals surface area contributed by atoms with Gasteiger partial charge in [0.05, 0.1) is 17.1 Å². The first-order chi connectivity index (χ1) is 11.3. The van der Waals surface area contributed by atoms with Crippen molar-refractivity contribution in [3.05, 3.63) is 84.4 Å². The van der Waals surface area contributed by atoms with Gasteiger partial charge in [0.15, 0.2) is 0 Å². The number of para-hydroxylation sites is 4. The zero-order valence-corrected chi connectivity index (χ0v) is 12.9. The molecule has 1 heterocycles. The first kappa shape index (κ1) is 13.6. The van der Waals surface area contributed by atoms with Crippen molar-refractivity contribution in [1.82, 2.24) is 0 Å². The third kappa shape index (κ3) is 2.46. The highest BCUT2D eigenvalue weighted by Crippen LogP contribution is 2.35. The number of benzene rings is 3. The van der Waals surface area contributed by atoms with Crippen molar-refractivity contribution in [1.29, 1.82) is 0 Å². The van der Waals surface area contributed by atoms with E-state index in [1.165, 1.54) is 0 Å². The monoisotopic (exact) mass is 299 g/mol. The predicted octanol–water partition coefficient (Wildman–Crippen LogP) is 4.96. The third-order valence-electron chi connectivity index (χ3n) is 4.01. The highest BCUT2D eigenvalue weighted by Gasteiger charge is 2.21. The fourth-order valence-corrected chi connectivity index (χ4v) is 2.86. The first-order valence-corrected chi connectivity index (χ1v) is 7.66. The van der Waals surface area contributed by atoms with Gasteiger partial charge < -0.3 is 10.2 Å². The molecular formula is C20H17N3. The molecule has 0 spiro atoms. The van der Waals surface area contributed by atoms with Gasteiger partial charge in [-0.1, -0.05) is 42.5 Å². The molecule has 23 heavy (non-hydrogen) atoms. The zero-order chi connectivity index (χ0) is 15.6. The van der Waals surface area contributed by atoms with E-state index in [9.17, 15) is 0 Å². The molecule has 3 aromatic carbocycles. The van der Waals surface area contributed by atoms with Crippen molar-refractivity contribution in [3.8, 4) is 0 Å². The topological polar surface area (TPSA) is 27.6 Å². The Kier molecular flexibility index (Phi) is 3.31. The van der Waals surface area contributed by atoms with Crippen molar-refractivity contribution in [2.45, 2.75) is 0 Å². The average Bonchev–Trinajstić information content (AvgIpc) is 2.72. The Morgan fingerprint density at radius 2 is 1.39 bits per heavy atom. The average molecular weight is 299 g/mol. The van der Waals surface area contributed by atoms with Crippen LogP contribution in [0, 0.1) is 0 Å². The fourth-order valence-electron chi connectivity index (χ4n) is 2.86. The summed E-state index contributed by atoms with van der Waals surface area (Å²) in [5, 5.41) is 3.53. The summed E-state index contributed by atoms with van der Waals surface area (Å²) >= 11 is 0. The summed E-state index contributed by atoms with van der Waals surface area (Å²) in [4.78, 5) is 7.04. The third-order valence-corrected chi connectivity index (χ3v) is 4.01. The maximum Gasteiger partial charge on any atom is 0.142 e. The van der Waals surface area contributed by atoms with Gasteiger partial charge >= 0.3 is 0 Å². The highest BCUT2D eigenvalue weighted by atomic mass is 15.2. The molecule has 0 saturated carbocycles. The molecule has 112 valence electrons. The number of fused-ring (bicyclic) bond motifs is 2. The number of anilines is 3. The molecule has 0 fully saturated rings. The van der Waals surface area contributed by atoms with E-state index in [0.717, 1.165) is 34.1 Å². The molecule has 0 unspecified atom stereocenters. The van der Waals surface area contributed by atoms with Gasteiger partial charge in [0.2, 0.25) is 0 Å². The van der Waals surface area contributed by atoms with Crippen LogP contribution in [0.4, 0.5) is 22.7 Å². The van der Waals surface area contributed by atoms with Crippen LogP contribution in [0.15, 0.2) is 83.9 Å². The van der Waals surface area contributed by atoms with Gasteiger partial charge in [-0.25, -0.2) is 4.99 Å². The van der Waals surface area contributed by atoms with Gasteiger partial charge in [0.25, 0.3) is 0 Å². The summed E-state index contributed by atoms with van der Waals surface area (Å²) in [5.74, 6) is 0.934. The van der Waals surface area contributed by atoms with Gasteiger partial charge in [-0.05, 0) is 36.4 Å². The van der Waals surface area contributed by atoms with E-state index in [1.54, 1.807) is 0 Å². The highest BCUT2D eigenvalue weighted by molar-refractivity contribution is 6.17. The molecule has 0 aromatic heterocycles. The molecule has 1 aliphatic rings. The van der Waals surface area contributed by atoms with Gasteiger partial charge in [-0.15, -0.1) is 0 Å². The van der Waals surface area contributed by atoms with Crippen LogP contribution in [-0.4, -0.2) is 12.9 Å². The SMILES string of the molecule is CN1C(=Nc2ccccc2)c2ccccc2Nc2ccccc21. The first-order valence-electron chi connectivity index (χ1n) is 7.66. The van der Waals surface area contributed by atoms with Crippen LogP contribution in [0.5, 0.6) is 0 Å². The number of nitrogens with zero attached hydrogens (tertiary/aromatic N) is 2. The molecule has 0 aliphatic carbocycles. The Morgan fingerprint density at radius 1 is 0.739 bits per heavy atom. The quantitative estimate of drug-likeness (QED) is 0.688. The molecular weight excluding hydrogens is 282 g/mol. The minimum atomic E-state index is 0.934. The maximum atomic E-state index is 4.90. The molecule has 4 rings (SSSR count). The van der Waals surface area contributed by atoms with Crippen molar-refractivity contribution in [2.75, 3.05) is 17.3 Å². The Bertz CT molecular complexity index is 869. The lowest BCUT2D eigenvalue weighted by Crippen LogP contribution is -2.26. The lowest BCUT2D eigenvalue weighted by Gasteiger charge is -2.21. The second-order valence-electron chi connectivity index (χ2n) is 5.52.